The molecule has 1 unspecified atom stereocenters. The molecule has 1 atom stereocenters. The Morgan fingerprint density at radius 3 is 2.92 bits per heavy atom. The first-order valence-corrected chi connectivity index (χ1v) is 5.88. The largest absolute Gasteiger partial charge is 0.313 e. The van der Waals surface area contributed by atoms with Crippen molar-refractivity contribution in [3.8, 4) is 0 Å². The number of rotatable bonds is 8. The molecule has 0 aromatic heterocycles. The highest BCUT2D eigenvalue weighted by atomic mass is 32.2. The molecule has 12 heavy (non-hydrogen) atoms. The molecule has 0 fully saturated rings. The molecule has 0 amide bonds. The zero-order chi connectivity index (χ0) is 9.23. The zero-order valence-corrected chi connectivity index (χ0v) is 9.12. The second-order valence-corrected chi connectivity index (χ2v) is 4.26. The quantitative estimate of drug-likeness (QED) is 0.463. The van der Waals surface area contributed by atoms with Crippen LogP contribution in [0.25, 0.3) is 0 Å². The highest BCUT2D eigenvalue weighted by Gasteiger charge is 1.98. The summed E-state index contributed by atoms with van der Waals surface area (Å²) < 4.78 is 0. The first-order chi connectivity index (χ1) is 5.81. The molecule has 0 aromatic carbocycles. The zero-order valence-electron chi connectivity index (χ0n) is 8.31. The van der Waals surface area contributed by atoms with Gasteiger partial charge in [0.2, 0.25) is 0 Å². The number of unbranched alkanes of at least 4 members (excludes halogenated alkanes) is 1. The molecule has 0 spiro atoms. The Hall–Kier alpha value is 0.0500. The molecule has 0 aliphatic rings. The molecule has 2 heteroatoms. The van der Waals surface area contributed by atoms with Crippen LogP contribution in [0.2, 0.25) is 0 Å². The van der Waals surface area contributed by atoms with Gasteiger partial charge in [-0.3, -0.25) is 0 Å². The first kappa shape index (κ1) is 12.0. The minimum atomic E-state index is 0.653. The van der Waals surface area contributed by atoms with Crippen LogP contribution in [0.3, 0.4) is 0 Å². The summed E-state index contributed by atoms with van der Waals surface area (Å²) in [6.07, 6.45) is 4.32. The van der Waals surface area contributed by atoms with Crippen LogP contribution in [0.15, 0.2) is 12.7 Å². The van der Waals surface area contributed by atoms with Crippen molar-refractivity contribution in [2.75, 3.05) is 18.1 Å². The molecule has 0 saturated heterocycles. The Balaban J connectivity index is 3.07. The minimum Gasteiger partial charge on any atom is -0.313 e. The number of allylic oxidation sites excluding steroid dienone is 1. The lowest BCUT2D eigenvalue weighted by atomic mass is 10.3. The average molecular weight is 187 g/mol. The summed E-state index contributed by atoms with van der Waals surface area (Å²) in [6, 6.07) is 0.653. The Labute approximate surface area is 81.0 Å². The van der Waals surface area contributed by atoms with E-state index in [0.29, 0.717) is 6.04 Å². The summed E-state index contributed by atoms with van der Waals surface area (Å²) in [7, 11) is 0. The number of nitrogens with one attached hydrogen (secondary N) is 1. The smallest absolute Gasteiger partial charge is 0.0129 e. The highest BCUT2D eigenvalue weighted by molar-refractivity contribution is 7.99. The topological polar surface area (TPSA) is 12.0 Å². The van der Waals surface area contributed by atoms with E-state index >= 15 is 0 Å². The van der Waals surface area contributed by atoms with E-state index in [4.69, 9.17) is 0 Å². The fraction of sp³-hybridized carbons (Fsp3) is 0.800. The highest BCUT2D eigenvalue weighted by Crippen LogP contribution is 2.01. The normalized spacial score (nSPS) is 12.8. The van der Waals surface area contributed by atoms with Gasteiger partial charge < -0.3 is 5.32 Å². The summed E-state index contributed by atoms with van der Waals surface area (Å²) in [5, 5.41) is 3.48. The second-order valence-electron chi connectivity index (χ2n) is 2.95. The van der Waals surface area contributed by atoms with Gasteiger partial charge >= 0.3 is 0 Å². The summed E-state index contributed by atoms with van der Waals surface area (Å²) in [5.74, 6) is 2.45. The van der Waals surface area contributed by atoms with Gasteiger partial charge in [0.25, 0.3) is 0 Å². The Morgan fingerprint density at radius 2 is 2.33 bits per heavy atom. The first-order valence-electron chi connectivity index (χ1n) is 4.73. The van der Waals surface area contributed by atoms with Crippen LogP contribution in [-0.2, 0) is 0 Å². The van der Waals surface area contributed by atoms with Crippen LogP contribution in [0.4, 0.5) is 0 Å². The fourth-order valence-electron chi connectivity index (χ4n) is 0.948. The lowest BCUT2D eigenvalue weighted by molar-refractivity contribution is 0.579. The maximum Gasteiger partial charge on any atom is 0.0129 e. The number of hydrogen-bond donors (Lipinski definition) is 1. The van der Waals surface area contributed by atoms with Gasteiger partial charge in [-0.1, -0.05) is 13.0 Å². The van der Waals surface area contributed by atoms with Crippen molar-refractivity contribution in [2.45, 2.75) is 32.7 Å². The molecule has 0 rings (SSSR count). The molecular formula is C10H21NS. The van der Waals surface area contributed by atoms with Crippen LogP contribution in [0.5, 0.6) is 0 Å². The van der Waals surface area contributed by atoms with E-state index in [1.165, 1.54) is 17.9 Å². The Bertz CT molecular complexity index is 104. The van der Waals surface area contributed by atoms with Gasteiger partial charge in [0.1, 0.15) is 0 Å². The molecule has 0 radical (unpaired) electrons. The molecule has 0 aromatic rings. The molecule has 1 N–H and O–H groups in total. The van der Waals surface area contributed by atoms with Gasteiger partial charge in [0.05, 0.1) is 0 Å². The van der Waals surface area contributed by atoms with Crippen molar-refractivity contribution >= 4 is 11.8 Å². The minimum absolute atomic E-state index is 0.653. The van der Waals surface area contributed by atoms with Crippen molar-refractivity contribution in [2.24, 2.45) is 0 Å². The van der Waals surface area contributed by atoms with Crippen LogP contribution < -0.4 is 5.32 Å². The third-order valence-electron chi connectivity index (χ3n) is 1.65. The van der Waals surface area contributed by atoms with Crippen molar-refractivity contribution in [1.29, 1.82) is 0 Å². The van der Waals surface area contributed by atoms with Crippen LogP contribution in [0, 0.1) is 0 Å². The third kappa shape index (κ3) is 8.15. The maximum absolute atomic E-state index is 3.70. The summed E-state index contributed by atoms with van der Waals surface area (Å²) in [4.78, 5) is 0. The van der Waals surface area contributed by atoms with E-state index in [-0.39, 0.29) is 0 Å². The molecule has 1 nitrogen and oxygen atoms in total. The van der Waals surface area contributed by atoms with Crippen molar-refractivity contribution < 1.29 is 0 Å². The standard InChI is InChI=1S/C10H21NS/c1-4-6-7-8-11-10(3)9-12-5-2/h4,10-11H,1,5-9H2,2-3H3. The molecule has 0 heterocycles. The Kier molecular flexibility index (Phi) is 9.18. The molecule has 0 aliphatic carbocycles. The molecular weight excluding hydrogens is 166 g/mol. The summed E-state index contributed by atoms with van der Waals surface area (Å²) in [6.45, 7) is 9.27. The summed E-state index contributed by atoms with van der Waals surface area (Å²) >= 11 is 2.00. The predicted molar refractivity (Wildman–Crippen MR) is 59.9 cm³/mol. The Morgan fingerprint density at radius 1 is 1.58 bits per heavy atom. The molecule has 0 saturated carbocycles. The molecule has 0 aliphatic heterocycles. The van der Waals surface area contributed by atoms with E-state index in [2.05, 4.69) is 25.7 Å². The van der Waals surface area contributed by atoms with E-state index in [1.54, 1.807) is 0 Å². The van der Waals surface area contributed by atoms with Gasteiger partial charge in [0, 0.05) is 11.8 Å². The lowest BCUT2D eigenvalue weighted by Gasteiger charge is -2.11. The van der Waals surface area contributed by atoms with Gasteiger partial charge in [-0.25, -0.2) is 0 Å². The second kappa shape index (κ2) is 9.14. The summed E-state index contributed by atoms with van der Waals surface area (Å²) in [5.41, 5.74) is 0. The maximum atomic E-state index is 3.70. The SMILES string of the molecule is C=CCCCNC(C)CSCC. The van der Waals surface area contributed by atoms with E-state index in [1.807, 2.05) is 17.8 Å². The molecule has 72 valence electrons. The van der Waals surface area contributed by atoms with Crippen molar-refractivity contribution in [3.05, 3.63) is 12.7 Å². The van der Waals surface area contributed by atoms with E-state index in [0.717, 1.165) is 13.0 Å². The van der Waals surface area contributed by atoms with Gasteiger partial charge in [0.15, 0.2) is 0 Å². The van der Waals surface area contributed by atoms with Crippen molar-refractivity contribution in [1.82, 2.24) is 5.32 Å². The van der Waals surface area contributed by atoms with E-state index < -0.39 is 0 Å². The molecule has 0 bridgehead atoms. The number of thioether (sulfide) groups is 1. The predicted octanol–water partition coefficient (Wildman–Crippen LogP) is 2.68. The fourth-order valence-corrected chi connectivity index (χ4v) is 1.66. The van der Waals surface area contributed by atoms with Crippen LogP contribution in [0.1, 0.15) is 26.7 Å². The monoisotopic (exact) mass is 187 g/mol. The van der Waals surface area contributed by atoms with E-state index in [9.17, 15) is 0 Å². The van der Waals surface area contributed by atoms with Gasteiger partial charge in [-0.05, 0) is 32.1 Å². The van der Waals surface area contributed by atoms with Crippen LogP contribution in [-0.4, -0.2) is 24.1 Å². The van der Waals surface area contributed by atoms with Crippen LogP contribution >= 0.6 is 11.8 Å². The van der Waals surface area contributed by atoms with Gasteiger partial charge in [-0.2, -0.15) is 11.8 Å². The van der Waals surface area contributed by atoms with Gasteiger partial charge in [-0.15, -0.1) is 6.58 Å². The lowest BCUT2D eigenvalue weighted by Crippen LogP contribution is -2.29. The van der Waals surface area contributed by atoms with Crippen molar-refractivity contribution in [3.63, 3.8) is 0 Å². The number of hydrogen-bond acceptors (Lipinski definition) is 2. The third-order valence-corrected chi connectivity index (χ3v) is 2.79. The average Bonchev–Trinajstić information content (AvgIpc) is 2.09.